The molecule has 1 aliphatic rings. The van der Waals surface area contributed by atoms with Gasteiger partial charge in [-0.25, -0.2) is 0 Å². The van der Waals surface area contributed by atoms with E-state index in [0.29, 0.717) is 11.6 Å². The molecule has 0 fully saturated rings. The maximum atomic E-state index is 7.19. The van der Waals surface area contributed by atoms with Crippen LogP contribution >= 0.6 is 11.6 Å². The Morgan fingerprint density at radius 3 is 2.62 bits per heavy atom. The molecule has 0 aliphatic carbocycles. The van der Waals surface area contributed by atoms with Gasteiger partial charge in [-0.3, -0.25) is 10.2 Å². The van der Waals surface area contributed by atoms with Crippen LogP contribution in [-0.2, 0) is 4.84 Å². The second-order valence-corrected chi connectivity index (χ2v) is 3.07. The fourth-order valence-corrected chi connectivity index (χ4v) is 1.17. The zero-order valence-corrected chi connectivity index (χ0v) is 7.45. The summed E-state index contributed by atoms with van der Waals surface area (Å²) in [6, 6.07) is 7.20. The molecule has 0 radical (unpaired) electrons. The molecule has 0 saturated heterocycles. The first kappa shape index (κ1) is 8.19. The Balaban J connectivity index is 2.27. The Morgan fingerprint density at radius 1 is 1.38 bits per heavy atom. The minimum absolute atomic E-state index is 0.148. The maximum absolute atomic E-state index is 7.19. The molecule has 13 heavy (non-hydrogen) atoms. The van der Waals surface area contributed by atoms with Crippen molar-refractivity contribution in [1.82, 2.24) is 0 Å². The molecule has 1 aromatic carbocycles. The Morgan fingerprint density at radius 2 is 2.08 bits per heavy atom. The monoisotopic (exact) mass is 196 g/mol. The first-order valence-electron chi connectivity index (χ1n) is 3.74. The number of nitrogens with zero attached hydrogens (tertiary/aromatic N) is 2. The zero-order valence-electron chi connectivity index (χ0n) is 6.70. The average Bonchev–Trinajstić information content (AvgIpc) is 2.53. The number of benzene rings is 1. The molecule has 1 N–H and O–H groups in total. The molecule has 0 unspecified atom stereocenters. The Kier molecular flexibility index (Phi) is 1.98. The van der Waals surface area contributed by atoms with E-state index in [1.807, 2.05) is 12.1 Å². The lowest BCUT2D eigenvalue weighted by Gasteiger charge is -1.90. The van der Waals surface area contributed by atoms with Crippen LogP contribution in [0, 0.1) is 5.41 Å². The standard InChI is InChI=1S/C8H7ClN3O/c9-6-1-3-7(4-2-6)12-5-8(10)13-11-12/h1-4,10H,5H2/q+1. The van der Waals surface area contributed by atoms with E-state index in [4.69, 9.17) is 17.0 Å². The largest absolute Gasteiger partial charge is 0.292 e. The highest BCUT2D eigenvalue weighted by atomic mass is 35.5. The van der Waals surface area contributed by atoms with Gasteiger partial charge in [0, 0.05) is 17.2 Å². The van der Waals surface area contributed by atoms with Gasteiger partial charge < -0.3 is 0 Å². The lowest BCUT2D eigenvalue weighted by Crippen LogP contribution is -2.05. The van der Waals surface area contributed by atoms with Gasteiger partial charge in [0.2, 0.25) is 11.0 Å². The number of hydrogen-bond donors (Lipinski definition) is 1. The van der Waals surface area contributed by atoms with E-state index in [0.717, 1.165) is 5.69 Å². The fraction of sp³-hybridized carbons (Fsp3) is 0.125. The van der Waals surface area contributed by atoms with Gasteiger partial charge in [-0.15, -0.1) is 0 Å². The van der Waals surface area contributed by atoms with E-state index in [1.165, 1.54) is 0 Å². The third kappa shape index (κ3) is 1.67. The number of hydrogen-bond acceptors (Lipinski definition) is 3. The van der Waals surface area contributed by atoms with Crippen molar-refractivity contribution in [3.05, 3.63) is 29.3 Å². The predicted octanol–water partition coefficient (Wildman–Crippen LogP) is 2.36. The lowest BCUT2D eigenvalue weighted by molar-refractivity contribution is -0.504. The first-order chi connectivity index (χ1) is 6.25. The van der Waals surface area contributed by atoms with Crippen LogP contribution in [0.3, 0.4) is 0 Å². The van der Waals surface area contributed by atoms with Gasteiger partial charge in [0.25, 0.3) is 12.4 Å². The normalized spacial score (nSPS) is 15.5. The van der Waals surface area contributed by atoms with Gasteiger partial charge >= 0.3 is 0 Å². The molecule has 5 heteroatoms. The highest BCUT2D eigenvalue weighted by molar-refractivity contribution is 6.30. The van der Waals surface area contributed by atoms with Crippen molar-refractivity contribution in [2.75, 3.05) is 6.54 Å². The van der Waals surface area contributed by atoms with E-state index in [9.17, 15) is 0 Å². The molecule has 0 atom stereocenters. The van der Waals surface area contributed by atoms with Crippen molar-refractivity contribution in [2.24, 2.45) is 5.28 Å². The van der Waals surface area contributed by atoms with Crippen molar-refractivity contribution < 1.29 is 9.53 Å². The third-order valence-corrected chi connectivity index (χ3v) is 1.92. The molecule has 0 bridgehead atoms. The number of nitrogens with one attached hydrogen (secondary N) is 1. The molecule has 2 rings (SSSR count). The van der Waals surface area contributed by atoms with Crippen LogP contribution in [0.4, 0.5) is 5.69 Å². The quantitative estimate of drug-likeness (QED) is 0.689. The molecule has 0 spiro atoms. The first-order valence-corrected chi connectivity index (χ1v) is 4.12. The van der Waals surface area contributed by atoms with Crippen LogP contribution in [0.5, 0.6) is 0 Å². The van der Waals surface area contributed by atoms with E-state index in [2.05, 4.69) is 10.1 Å². The van der Waals surface area contributed by atoms with Crippen molar-refractivity contribution in [3.8, 4) is 0 Å². The van der Waals surface area contributed by atoms with Gasteiger partial charge in [0.05, 0.1) is 0 Å². The van der Waals surface area contributed by atoms with Crippen LogP contribution in [0.15, 0.2) is 29.5 Å². The second-order valence-electron chi connectivity index (χ2n) is 2.63. The molecule has 1 heterocycles. The van der Waals surface area contributed by atoms with E-state index in [-0.39, 0.29) is 5.90 Å². The molecule has 1 aromatic rings. The summed E-state index contributed by atoms with van der Waals surface area (Å²) in [6.07, 6.45) is 0. The Bertz CT molecular complexity index is 371. The van der Waals surface area contributed by atoms with E-state index < -0.39 is 0 Å². The summed E-state index contributed by atoms with van der Waals surface area (Å²) in [4.78, 5) is 4.65. The molecule has 0 saturated carbocycles. The maximum Gasteiger partial charge on any atom is 0.292 e. The van der Waals surface area contributed by atoms with Gasteiger partial charge in [-0.1, -0.05) is 11.6 Å². The summed E-state index contributed by atoms with van der Waals surface area (Å²) >= 11 is 5.72. The summed E-state index contributed by atoms with van der Waals surface area (Å²) in [7, 11) is 0. The summed E-state index contributed by atoms with van der Waals surface area (Å²) < 4.78 is 1.60. The molecule has 66 valence electrons. The molecule has 1 aliphatic heterocycles. The fourth-order valence-electron chi connectivity index (χ4n) is 1.04. The molecule has 4 nitrogen and oxygen atoms in total. The van der Waals surface area contributed by atoms with Crippen molar-refractivity contribution >= 4 is 23.2 Å². The molecule has 0 amide bonds. The highest BCUT2D eigenvalue weighted by Gasteiger charge is 2.23. The SMILES string of the molecule is N=C1C[N+](c2ccc(Cl)cc2)=NO1. The Labute approximate surface area is 79.9 Å². The smallest absolute Gasteiger partial charge is 0.285 e. The Hall–Kier alpha value is -1.42. The minimum atomic E-state index is 0.148. The van der Waals surface area contributed by atoms with Crippen molar-refractivity contribution in [3.63, 3.8) is 0 Å². The third-order valence-electron chi connectivity index (χ3n) is 1.67. The van der Waals surface area contributed by atoms with Crippen LogP contribution < -0.4 is 0 Å². The van der Waals surface area contributed by atoms with E-state index >= 15 is 0 Å². The van der Waals surface area contributed by atoms with Gasteiger partial charge in [0.1, 0.15) is 0 Å². The van der Waals surface area contributed by atoms with Crippen LogP contribution in [0.2, 0.25) is 5.02 Å². The van der Waals surface area contributed by atoms with Crippen molar-refractivity contribution in [2.45, 2.75) is 0 Å². The van der Waals surface area contributed by atoms with Gasteiger partial charge in [-0.2, -0.15) is 0 Å². The van der Waals surface area contributed by atoms with Gasteiger partial charge in [-0.05, 0) is 16.8 Å². The van der Waals surface area contributed by atoms with E-state index in [1.54, 1.807) is 16.8 Å². The molecular weight excluding hydrogens is 190 g/mol. The summed E-state index contributed by atoms with van der Waals surface area (Å²) in [5.41, 5.74) is 0.867. The van der Waals surface area contributed by atoms with Gasteiger partial charge in [0.15, 0.2) is 0 Å². The zero-order chi connectivity index (χ0) is 9.26. The predicted molar refractivity (Wildman–Crippen MR) is 47.5 cm³/mol. The van der Waals surface area contributed by atoms with Crippen LogP contribution in [0.1, 0.15) is 0 Å². The molecule has 0 aromatic heterocycles. The minimum Gasteiger partial charge on any atom is -0.285 e. The summed E-state index contributed by atoms with van der Waals surface area (Å²) in [5.74, 6) is 0.148. The van der Waals surface area contributed by atoms with Crippen LogP contribution in [0.25, 0.3) is 0 Å². The van der Waals surface area contributed by atoms with Crippen LogP contribution in [-0.4, -0.2) is 17.1 Å². The molecular formula is C8H7ClN3O+. The number of rotatable bonds is 1. The number of halogens is 1. The summed E-state index contributed by atoms with van der Waals surface area (Å²) in [5, 5.41) is 11.5. The van der Waals surface area contributed by atoms with Crippen molar-refractivity contribution in [1.29, 1.82) is 5.41 Å². The average molecular weight is 197 g/mol. The highest BCUT2D eigenvalue weighted by Crippen LogP contribution is 2.18. The second kappa shape index (κ2) is 3.14. The lowest BCUT2D eigenvalue weighted by atomic mass is 10.3. The summed E-state index contributed by atoms with van der Waals surface area (Å²) in [6.45, 7) is 0.377. The topological polar surface area (TPSA) is 48.5 Å².